The second-order valence-electron chi connectivity index (χ2n) is 26.1. The summed E-state index contributed by atoms with van der Waals surface area (Å²) in [7, 11) is 2.83. The van der Waals surface area contributed by atoms with Crippen LogP contribution in [0.4, 0.5) is 11.4 Å². The molecule has 550 valence electrons. The molecule has 9 aromatic rings. The maximum absolute atomic E-state index is 12.4. The Balaban J connectivity index is 0.000000142. The molecule has 7 aliphatic rings. The zero-order valence-corrected chi connectivity index (χ0v) is 63.3. The molecule has 2 atom stereocenters. The monoisotopic (exact) mass is 1500 g/mol. The Morgan fingerprint density at radius 2 is 1.27 bits per heavy atom. The average Bonchev–Trinajstić information content (AvgIpc) is 1.70. The van der Waals surface area contributed by atoms with Crippen molar-refractivity contribution < 1.29 is 62.2 Å². The van der Waals surface area contributed by atoms with E-state index >= 15 is 0 Å². The molecule has 0 bridgehead atoms. The lowest BCUT2D eigenvalue weighted by Gasteiger charge is -2.27. The molecule has 0 spiro atoms. The number of nitrogen functional groups attached to an aromatic ring is 1. The lowest BCUT2D eigenvalue weighted by atomic mass is 9.78. The third-order valence-electron chi connectivity index (χ3n) is 19.4. The van der Waals surface area contributed by atoms with Gasteiger partial charge in [-0.05, 0) is 109 Å². The van der Waals surface area contributed by atoms with Gasteiger partial charge < -0.3 is 53.8 Å². The number of methoxy groups -OCH3 is 2. The molecular weight excluding hydrogens is 1420 g/mol. The van der Waals surface area contributed by atoms with Gasteiger partial charge in [0.05, 0.1) is 60.2 Å². The van der Waals surface area contributed by atoms with Gasteiger partial charge in [0.25, 0.3) is 0 Å². The lowest BCUT2D eigenvalue weighted by Crippen LogP contribution is -2.30. The van der Waals surface area contributed by atoms with E-state index in [0.717, 1.165) is 55.3 Å². The molecule has 0 saturated heterocycles. The Labute approximate surface area is 630 Å². The number of rotatable bonds is 10. The lowest BCUT2D eigenvalue weighted by molar-refractivity contribution is -0.432. The summed E-state index contributed by atoms with van der Waals surface area (Å²) in [6, 6.07) is 55.8. The van der Waals surface area contributed by atoms with Gasteiger partial charge in [-0.25, -0.2) is 10.1 Å². The SMILES string of the molecule is CC.CC.CC1N=c2cc3c(cc2C1(C)C)=C(c1ccccc1)c1cc2c(cc1O3)NC(C)C2(C)C.COc1cc2c(-c3ccccc3)c3cc(OC)c(=O)c(Cl)c-3oc2c(Cl)c1O.Cc1c(CC(=O)O)c(=O)oc2cc(N)c(SOOO)cc12.O=c1ccc2c(-c3ccccc3)c3ccc(O)cc3oc-2c1. The van der Waals surface area contributed by atoms with Crippen molar-refractivity contribution in [3.8, 4) is 79.4 Å². The number of halogens is 2. The van der Waals surface area contributed by atoms with Crippen LogP contribution < -0.4 is 52.3 Å². The van der Waals surface area contributed by atoms with E-state index in [-0.39, 0.29) is 83.5 Å². The van der Waals surface area contributed by atoms with E-state index < -0.39 is 23.4 Å². The number of hydrogen-bond donors (Lipinski definition) is 6. The molecule has 0 saturated carbocycles. The van der Waals surface area contributed by atoms with Gasteiger partial charge in [0, 0.05) is 108 Å². The van der Waals surface area contributed by atoms with Crippen molar-refractivity contribution in [3.63, 3.8) is 0 Å². The molecular formula is C85H79Cl2N3O16S. The highest BCUT2D eigenvalue weighted by Crippen LogP contribution is 2.51. The summed E-state index contributed by atoms with van der Waals surface area (Å²) in [4.78, 5) is 52.0. The minimum Gasteiger partial charge on any atom is -0.508 e. The van der Waals surface area contributed by atoms with Crippen LogP contribution in [-0.4, -0.2) is 52.8 Å². The summed E-state index contributed by atoms with van der Waals surface area (Å²) < 4.78 is 38.1. The molecule has 19 nitrogen and oxygen atoms in total. The van der Waals surface area contributed by atoms with Crippen molar-refractivity contribution in [1.29, 1.82) is 0 Å². The highest BCUT2D eigenvalue weighted by Gasteiger charge is 2.40. The predicted octanol–water partition coefficient (Wildman–Crippen LogP) is 19.1. The van der Waals surface area contributed by atoms with E-state index in [4.69, 9.17) is 71.8 Å². The topological polar surface area (TPSA) is 285 Å². The molecule has 0 radical (unpaired) electrons. The van der Waals surface area contributed by atoms with Crippen LogP contribution in [0.5, 0.6) is 34.5 Å². The molecule has 5 aliphatic heterocycles. The van der Waals surface area contributed by atoms with E-state index in [0.29, 0.717) is 56.2 Å². The van der Waals surface area contributed by atoms with Crippen molar-refractivity contribution in [2.45, 2.75) is 110 Å². The van der Waals surface area contributed by atoms with Gasteiger partial charge in [0.15, 0.2) is 34.0 Å². The van der Waals surface area contributed by atoms with Gasteiger partial charge in [-0.2, -0.15) is 0 Å². The zero-order chi connectivity index (χ0) is 77.1. The Bertz CT molecular complexity index is 5810. The number of phenolic OH excluding ortho intramolecular Hbond substituents is 2. The molecule has 107 heavy (non-hydrogen) atoms. The number of phenols is 2. The quantitative estimate of drug-likeness (QED) is 0.0185. The fourth-order valence-corrected chi connectivity index (χ4v) is 14.2. The molecule has 16 rings (SSSR count). The number of hydrogen-bond acceptors (Lipinski definition) is 19. The van der Waals surface area contributed by atoms with E-state index in [1.807, 2.05) is 94.4 Å². The first kappa shape index (κ1) is 77.0. The number of nitrogens with one attached hydrogen (secondary N) is 1. The largest absolute Gasteiger partial charge is 0.508 e. The summed E-state index contributed by atoms with van der Waals surface area (Å²) >= 11 is 13.3. The van der Waals surface area contributed by atoms with Crippen molar-refractivity contribution in [3.05, 3.63) is 261 Å². The summed E-state index contributed by atoms with van der Waals surface area (Å²) in [5, 5.41) is 48.2. The third-order valence-corrected chi connectivity index (χ3v) is 20.8. The van der Waals surface area contributed by atoms with Crippen molar-refractivity contribution in [2.75, 3.05) is 25.3 Å². The van der Waals surface area contributed by atoms with Crippen LogP contribution in [-0.2, 0) is 31.4 Å². The number of carboxylic acid groups (broad SMARTS) is 1. The predicted molar refractivity (Wildman–Crippen MR) is 422 cm³/mol. The number of aliphatic carboxylic acids is 1. The fourth-order valence-electron chi connectivity index (χ4n) is 13.3. The second kappa shape index (κ2) is 31.9. The van der Waals surface area contributed by atoms with Crippen LogP contribution in [0.3, 0.4) is 0 Å². The number of fused-ring (bicyclic) bond motifs is 9. The summed E-state index contributed by atoms with van der Waals surface area (Å²) in [6.45, 7) is 23.3. The van der Waals surface area contributed by atoms with Crippen molar-refractivity contribution in [2.24, 2.45) is 4.99 Å². The Morgan fingerprint density at radius 1 is 0.645 bits per heavy atom. The first-order chi connectivity index (χ1) is 51.3. The summed E-state index contributed by atoms with van der Waals surface area (Å²) in [6.07, 6.45) is -0.437. The Morgan fingerprint density at radius 3 is 1.90 bits per heavy atom. The highest BCUT2D eigenvalue weighted by molar-refractivity contribution is 7.94. The van der Waals surface area contributed by atoms with Gasteiger partial charge >= 0.3 is 11.6 Å². The molecule has 1 aromatic heterocycles. The van der Waals surface area contributed by atoms with Crippen LogP contribution >= 0.6 is 35.2 Å². The smallest absolute Gasteiger partial charge is 0.340 e. The number of nitrogens with zero attached hydrogens (tertiary/aromatic N) is 1. The molecule has 2 unspecified atom stereocenters. The molecule has 8 aromatic carbocycles. The zero-order valence-electron chi connectivity index (χ0n) is 61.0. The normalized spacial score (nSPS) is 14.4. The molecule has 6 heterocycles. The van der Waals surface area contributed by atoms with Gasteiger partial charge in [-0.15, -0.1) is 4.33 Å². The number of nitrogens with two attached hydrogens (primary N) is 1. The Kier molecular flexibility index (Phi) is 23.0. The van der Waals surface area contributed by atoms with Crippen LogP contribution in [0.1, 0.15) is 103 Å². The molecule has 2 aliphatic carbocycles. The Hall–Kier alpha value is -11.1. The third kappa shape index (κ3) is 14.8. The first-order valence-electron chi connectivity index (χ1n) is 34.5. The van der Waals surface area contributed by atoms with E-state index in [9.17, 15) is 29.4 Å². The van der Waals surface area contributed by atoms with Gasteiger partial charge in [-0.3, -0.25) is 19.4 Å². The number of carboxylic acids is 1. The fraction of sp³-hybridized carbons (Fsp3) is 0.212. The average molecular weight is 1500 g/mol. The number of aromatic hydroxyl groups is 2. The van der Waals surface area contributed by atoms with E-state index in [2.05, 4.69) is 111 Å². The van der Waals surface area contributed by atoms with Gasteiger partial charge in [0.2, 0.25) is 5.43 Å². The maximum atomic E-state index is 12.4. The highest BCUT2D eigenvalue weighted by atomic mass is 35.5. The molecule has 7 N–H and O–H groups in total. The van der Waals surface area contributed by atoms with Crippen molar-refractivity contribution >= 4 is 91.1 Å². The molecule has 22 heteroatoms. The maximum Gasteiger partial charge on any atom is 0.340 e. The standard InChI is InChI=1S/C29H30N2O.C21H14Cl2O5.C19H12O3.C12H11NO7S.2C2H6/c1-16-28(3,4)21-12-19-25(14-23(21)30-16)32-26-15-24-22(29(5,6)17(2)31-24)13-20(26)27(19)18-10-8-7-9-11-18;1-26-13-8-11-15(10-6-4-3-5-7-10)12-9-14(27-2)19(25)17(23)21(12)28-20(11)16(22)18(13)24;20-13-6-8-15-17(10-13)22-18-11-14(21)7-9-16(18)19(15)12-4-2-1-3-5-12;1-5-6-2-10(21-20-19-17)8(13)4-9(6)18-12(16)7(5)3-11(14)15;2*1-2/h7-17,30H,1-6H3;3-9,24H,1-2H3;1-11,20H;2,4,17H,3,13H2,1H3,(H,14,15);2*1-2H3. The van der Waals surface area contributed by atoms with Crippen LogP contribution in [0.2, 0.25) is 10.0 Å². The number of benzene rings is 10. The number of anilines is 2. The van der Waals surface area contributed by atoms with Gasteiger partial charge in [0.1, 0.15) is 44.2 Å². The summed E-state index contributed by atoms with van der Waals surface area (Å²) in [5.74, 6) is 1.52. The van der Waals surface area contributed by atoms with Crippen molar-refractivity contribution in [1.82, 2.24) is 0 Å². The first-order valence-corrected chi connectivity index (χ1v) is 36.0. The number of carbonyl (C=O) groups is 1. The summed E-state index contributed by atoms with van der Waals surface area (Å²) in [5.41, 5.74) is 18.8. The van der Waals surface area contributed by atoms with Crippen LogP contribution in [0, 0.1) is 6.92 Å². The van der Waals surface area contributed by atoms with E-state index in [1.165, 1.54) is 65.9 Å². The van der Waals surface area contributed by atoms with E-state index in [1.54, 1.807) is 43.3 Å². The minimum atomic E-state index is -1.13. The minimum absolute atomic E-state index is 0.00567. The van der Waals surface area contributed by atoms with Crippen LogP contribution in [0.25, 0.3) is 83.4 Å². The molecule has 0 fully saturated rings. The number of aryl methyl sites for hydroxylation is 1. The van der Waals surface area contributed by atoms with Gasteiger partial charge in [-0.1, -0.05) is 175 Å². The second-order valence-corrected chi connectivity index (χ2v) is 27.6. The van der Waals surface area contributed by atoms with Crippen LogP contribution in [0.15, 0.2) is 213 Å². The number of ether oxygens (including phenoxy) is 3. The molecule has 0 amide bonds.